The summed E-state index contributed by atoms with van der Waals surface area (Å²) in [5, 5.41) is 5.40. The Balaban J connectivity index is 1.89. The molecule has 28 heavy (non-hydrogen) atoms. The number of aromatic nitrogens is 4. The smallest absolute Gasteiger partial charge is 0.240 e. The molecule has 7 nitrogen and oxygen atoms in total. The third kappa shape index (κ3) is 3.15. The lowest BCUT2D eigenvalue weighted by molar-refractivity contribution is 0.599. The molecule has 5 rings (SSSR count). The third-order valence-electron chi connectivity index (χ3n) is 4.44. The number of H-pyrrole nitrogens is 2. The van der Waals surface area contributed by atoms with Crippen LogP contribution in [0.1, 0.15) is 22.8 Å². The molecule has 8 heteroatoms. The first-order valence-corrected chi connectivity index (χ1v) is 10.1. The highest BCUT2D eigenvalue weighted by molar-refractivity contribution is 7.89. The number of nitrogens with one attached hydrogen (secondary N) is 2. The number of rotatable bonds is 1. The fourth-order valence-corrected chi connectivity index (χ4v) is 3.93. The molecule has 2 aliphatic heterocycles. The number of aromatic amines is 2. The first kappa shape index (κ1) is 16.7. The lowest BCUT2D eigenvalue weighted by atomic mass is 10.3. The summed E-state index contributed by atoms with van der Waals surface area (Å²) >= 11 is 0. The zero-order valence-corrected chi connectivity index (χ0v) is 15.4. The van der Waals surface area contributed by atoms with Gasteiger partial charge in [0.15, 0.2) is 0 Å². The minimum Gasteiger partial charge on any atom is -0.355 e. The van der Waals surface area contributed by atoms with Gasteiger partial charge in [0.25, 0.3) is 0 Å². The van der Waals surface area contributed by atoms with Crippen LogP contribution in [0.15, 0.2) is 47.4 Å². The number of nitrogens with two attached hydrogens (primary N) is 1. The molecule has 0 saturated carbocycles. The van der Waals surface area contributed by atoms with Crippen LogP contribution in [0.3, 0.4) is 0 Å². The molecule has 0 fully saturated rings. The van der Waals surface area contributed by atoms with Crippen molar-refractivity contribution in [3.05, 3.63) is 65.2 Å². The molecule has 3 aromatic heterocycles. The Morgan fingerprint density at radius 3 is 1.71 bits per heavy atom. The van der Waals surface area contributed by atoms with E-state index in [1.54, 1.807) is 12.1 Å². The van der Waals surface area contributed by atoms with Gasteiger partial charge in [0.05, 0.1) is 28.3 Å². The molecule has 2 aliphatic rings. The quantitative estimate of drug-likeness (QED) is 0.408. The predicted octanol–water partition coefficient (Wildman–Crippen LogP) is 3.30. The number of hydrogen-bond acceptors (Lipinski definition) is 4. The largest absolute Gasteiger partial charge is 0.355 e. The molecule has 4 N–H and O–H groups in total. The van der Waals surface area contributed by atoms with Gasteiger partial charge in [-0.2, -0.15) is 0 Å². The molecule has 0 atom stereocenters. The van der Waals surface area contributed by atoms with Crippen LogP contribution in [0.4, 0.5) is 0 Å². The van der Waals surface area contributed by atoms with Crippen molar-refractivity contribution in [1.82, 2.24) is 19.9 Å². The van der Waals surface area contributed by atoms with Gasteiger partial charge >= 0.3 is 0 Å². The summed E-state index contributed by atoms with van der Waals surface area (Å²) < 4.78 is 24.0. The second-order valence-electron chi connectivity index (χ2n) is 6.58. The van der Waals surface area contributed by atoms with E-state index in [9.17, 15) is 8.42 Å². The lowest BCUT2D eigenvalue weighted by Gasteiger charge is -1.92. The summed E-state index contributed by atoms with van der Waals surface area (Å²) in [6.45, 7) is 0. The third-order valence-corrected chi connectivity index (χ3v) is 5.39. The van der Waals surface area contributed by atoms with Crippen LogP contribution in [0, 0.1) is 0 Å². The molecule has 8 bridgehead atoms. The predicted molar refractivity (Wildman–Crippen MR) is 110 cm³/mol. The number of sulfonamides is 1. The summed E-state index contributed by atoms with van der Waals surface area (Å²) in [6, 6.07) is 12.7. The van der Waals surface area contributed by atoms with E-state index in [4.69, 9.17) is 5.14 Å². The van der Waals surface area contributed by atoms with Gasteiger partial charge in [0, 0.05) is 16.6 Å². The van der Waals surface area contributed by atoms with E-state index in [-0.39, 0.29) is 4.90 Å². The normalized spacial score (nSPS) is 13.2. The number of primary sulfonamides is 1. The Morgan fingerprint density at radius 1 is 0.679 bits per heavy atom. The minimum absolute atomic E-state index is 0.0172. The zero-order valence-electron chi connectivity index (χ0n) is 14.5. The molecule has 0 aromatic carbocycles. The molecule has 5 heterocycles. The molecule has 0 unspecified atom stereocenters. The second kappa shape index (κ2) is 6.01. The molecular weight excluding hydrogens is 374 g/mol. The first-order valence-electron chi connectivity index (χ1n) is 8.54. The lowest BCUT2D eigenvalue weighted by Crippen LogP contribution is -2.11. The average molecular weight is 389 g/mol. The summed E-state index contributed by atoms with van der Waals surface area (Å²) in [7, 11) is -3.90. The van der Waals surface area contributed by atoms with Gasteiger partial charge in [-0.3, -0.25) is 0 Å². The van der Waals surface area contributed by atoms with Crippen LogP contribution in [0.2, 0.25) is 0 Å². The van der Waals surface area contributed by atoms with E-state index >= 15 is 0 Å². The van der Waals surface area contributed by atoms with E-state index in [0.29, 0.717) is 22.4 Å². The fraction of sp³-hybridized carbons (Fsp3) is 0. The van der Waals surface area contributed by atoms with Gasteiger partial charge in [0.1, 0.15) is 4.90 Å². The van der Waals surface area contributed by atoms with Crippen molar-refractivity contribution in [2.75, 3.05) is 0 Å². The number of nitrogens with zero attached hydrogens (tertiary/aromatic N) is 2. The van der Waals surface area contributed by atoms with Crippen molar-refractivity contribution < 1.29 is 8.42 Å². The van der Waals surface area contributed by atoms with Gasteiger partial charge in [-0.25, -0.2) is 23.5 Å². The molecule has 0 amide bonds. The standard InChI is InChI=1S/C20H15N5O2S/c21-28(26,27)20-11-18-9-16-4-3-14(23-16)7-12-1-2-13(22-12)8-15-5-6-17(24-15)10-19(20)25-18/h1-11,22,25H,(H2,21,26,27). The number of hydrogen-bond donors (Lipinski definition) is 3. The minimum atomic E-state index is -3.90. The highest BCUT2D eigenvalue weighted by Gasteiger charge is 2.13. The molecule has 0 radical (unpaired) electrons. The maximum absolute atomic E-state index is 12.0. The summed E-state index contributed by atoms with van der Waals surface area (Å²) in [5.74, 6) is 0. The molecule has 138 valence electrons. The maximum atomic E-state index is 12.0. The van der Waals surface area contributed by atoms with E-state index < -0.39 is 10.0 Å². The van der Waals surface area contributed by atoms with Crippen molar-refractivity contribution in [2.45, 2.75) is 4.90 Å². The first-order chi connectivity index (χ1) is 13.4. The molecule has 0 saturated heterocycles. The van der Waals surface area contributed by atoms with Crippen molar-refractivity contribution in [3.8, 4) is 0 Å². The Hall–Kier alpha value is -3.49. The molecule has 0 spiro atoms. The highest BCUT2D eigenvalue weighted by Crippen LogP contribution is 2.21. The van der Waals surface area contributed by atoms with E-state index in [0.717, 1.165) is 22.4 Å². The Bertz CT molecular complexity index is 1440. The molecular formula is C20H15N5O2S. The van der Waals surface area contributed by atoms with Gasteiger partial charge in [-0.15, -0.1) is 0 Å². The summed E-state index contributed by atoms with van der Waals surface area (Å²) in [4.78, 5) is 15.5. The van der Waals surface area contributed by atoms with Gasteiger partial charge in [-0.05, 0) is 66.8 Å². The Labute approximate surface area is 160 Å². The van der Waals surface area contributed by atoms with E-state index in [2.05, 4.69) is 19.9 Å². The monoisotopic (exact) mass is 389 g/mol. The van der Waals surface area contributed by atoms with Crippen LogP contribution in [0.5, 0.6) is 0 Å². The van der Waals surface area contributed by atoms with Crippen LogP contribution in [-0.4, -0.2) is 28.4 Å². The van der Waals surface area contributed by atoms with Crippen molar-refractivity contribution >= 4 is 56.4 Å². The molecule has 0 aliphatic carbocycles. The van der Waals surface area contributed by atoms with Crippen LogP contribution >= 0.6 is 0 Å². The van der Waals surface area contributed by atoms with Crippen LogP contribution in [0.25, 0.3) is 46.4 Å². The van der Waals surface area contributed by atoms with E-state index in [1.807, 2.05) is 48.6 Å². The topological polar surface area (TPSA) is 118 Å². The SMILES string of the molecule is NS(=O)(=O)c1cc2cc3nc(cc4ccc(cc5nc(cc1[nH]2)C=C5)[nH]4)C=C3. The van der Waals surface area contributed by atoms with Crippen molar-refractivity contribution in [1.29, 1.82) is 0 Å². The van der Waals surface area contributed by atoms with Crippen LogP contribution in [-0.2, 0) is 10.0 Å². The van der Waals surface area contributed by atoms with Gasteiger partial charge < -0.3 is 9.97 Å². The Kier molecular flexibility index (Phi) is 3.58. The highest BCUT2D eigenvalue weighted by atomic mass is 32.2. The zero-order chi connectivity index (χ0) is 19.3. The van der Waals surface area contributed by atoms with Crippen LogP contribution < -0.4 is 5.14 Å². The summed E-state index contributed by atoms with van der Waals surface area (Å²) in [5.41, 5.74) is 5.71. The van der Waals surface area contributed by atoms with Crippen molar-refractivity contribution in [3.63, 3.8) is 0 Å². The molecule has 3 aromatic rings. The Morgan fingerprint density at radius 2 is 1.18 bits per heavy atom. The van der Waals surface area contributed by atoms with Crippen molar-refractivity contribution in [2.24, 2.45) is 5.14 Å². The van der Waals surface area contributed by atoms with E-state index in [1.165, 1.54) is 6.07 Å². The summed E-state index contributed by atoms with van der Waals surface area (Å²) in [6.07, 6.45) is 7.45. The second-order valence-corrected chi connectivity index (χ2v) is 8.11. The van der Waals surface area contributed by atoms with Gasteiger partial charge in [0.2, 0.25) is 10.0 Å². The fourth-order valence-electron chi connectivity index (χ4n) is 3.23. The number of fused-ring (bicyclic) bond motifs is 8. The maximum Gasteiger partial charge on any atom is 0.240 e. The van der Waals surface area contributed by atoms with Gasteiger partial charge in [-0.1, -0.05) is 0 Å². The average Bonchev–Trinajstić information content (AvgIpc) is 3.38.